The Balaban J connectivity index is 1.53. The van der Waals surface area contributed by atoms with Crippen LogP contribution in [0.4, 0.5) is 0 Å². The predicted molar refractivity (Wildman–Crippen MR) is 137 cm³/mol. The molecule has 5 heteroatoms. The van der Waals surface area contributed by atoms with E-state index >= 15 is 0 Å². The van der Waals surface area contributed by atoms with Crippen molar-refractivity contribution >= 4 is 5.78 Å². The molecule has 4 aromatic rings. The lowest BCUT2D eigenvalue weighted by Gasteiger charge is -2.50. The van der Waals surface area contributed by atoms with Crippen molar-refractivity contribution in [3.8, 4) is 22.5 Å². The highest BCUT2D eigenvalue weighted by molar-refractivity contribution is 5.83. The number of hydrogen-bond donors (Lipinski definition) is 0. The van der Waals surface area contributed by atoms with Gasteiger partial charge in [0.15, 0.2) is 0 Å². The Bertz CT molecular complexity index is 1410. The van der Waals surface area contributed by atoms with Crippen LogP contribution in [0, 0.1) is 18.8 Å². The average Bonchev–Trinajstić information content (AvgIpc) is 3.32. The fourth-order valence-corrected chi connectivity index (χ4v) is 6.58. The number of hydrogen-bond acceptors (Lipinski definition) is 4. The fourth-order valence-electron chi connectivity index (χ4n) is 6.58. The van der Waals surface area contributed by atoms with Gasteiger partial charge in [-0.05, 0) is 43.2 Å². The Kier molecular flexibility index (Phi) is 5.17. The molecule has 176 valence electrons. The molecule has 2 aliphatic rings. The van der Waals surface area contributed by atoms with E-state index in [-0.39, 0.29) is 17.3 Å². The zero-order valence-electron chi connectivity index (χ0n) is 20.5. The van der Waals surface area contributed by atoms with E-state index in [1.807, 2.05) is 31.1 Å². The van der Waals surface area contributed by atoms with Gasteiger partial charge in [-0.1, -0.05) is 61.5 Å². The first-order valence-electron chi connectivity index (χ1n) is 12.5. The van der Waals surface area contributed by atoms with Crippen molar-refractivity contribution in [1.29, 1.82) is 0 Å². The van der Waals surface area contributed by atoms with Gasteiger partial charge in [0.05, 0.1) is 29.6 Å². The highest BCUT2D eigenvalue weighted by Crippen LogP contribution is 2.55. The standard InChI is InChI=1S/C30H30N4O/c1-19-25-14-13-24-28(22-11-9-21(10-12-22)26-17-31-18-34(26)3)32-20(2)33-29(24)30(25,16-15-27(19)35)23-7-5-4-6-8-23/h4-12,17-19,25H,13-16H2,1-3H3/t19-,25-,30+/m0/s1. The minimum Gasteiger partial charge on any atom is -0.334 e. The Morgan fingerprint density at radius 2 is 1.71 bits per heavy atom. The molecule has 35 heavy (non-hydrogen) atoms. The summed E-state index contributed by atoms with van der Waals surface area (Å²) in [5.41, 5.74) is 7.77. The van der Waals surface area contributed by atoms with Crippen molar-refractivity contribution in [3.05, 3.63) is 89.8 Å². The monoisotopic (exact) mass is 462 g/mol. The Morgan fingerprint density at radius 1 is 0.971 bits per heavy atom. The summed E-state index contributed by atoms with van der Waals surface area (Å²) in [4.78, 5) is 27.2. The molecule has 1 saturated carbocycles. The Labute approximate surface area is 206 Å². The van der Waals surface area contributed by atoms with Gasteiger partial charge in [0.25, 0.3) is 0 Å². The first kappa shape index (κ1) is 21.9. The summed E-state index contributed by atoms with van der Waals surface area (Å²) in [7, 11) is 2.01. The third-order valence-electron chi connectivity index (χ3n) is 8.32. The van der Waals surface area contributed by atoms with E-state index in [0.717, 1.165) is 53.3 Å². The maximum Gasteiger partial charge on any atom is 0.136 e. The van der Waals surface area contributed by atoms with Crippen LogP contribution in [0.5, 0.6) is 0 Å². The maximum absolute atomic E-state index is 12.8. The van der Waals surface area contributed by atoms with Crippen LogP contribution in [0.3, 0.4) is 0 Å². The zero-order valence-corrected chi connectivity index (χ0v) is 20.5. The molecule has 0 radical (unpaired) electrons. The first-order valence-corrected chi connectivity index (χ1v) is 12.5. The van der Waals surface area contributed by atoms with Crippen molar-refractivity contribution in [2.75, 3.05) is 0 Å². The molecule has 3 atom stereocenters. The second-order valence-corrected chi connectivity index (χ2v) is 10.2. The molecule has 0 N–H and O–H groups in total. The van der Waals surface area contributed by atoms with Crippen LogP contribution >= 0.6 is 0 Å². The van der Waals surface area contributed by atoms with Crippen LogP contribution in [-0.2, 0) is 23.7 Å². The number of nitrogens with zero attached hydrogens (tertiary/aromatic N) is 4. The minimum atomic E-state index is -0.251. The van der Waals surface area contributed by atoms with Crippen LogP contribution < -0.4 is 0 Å². The van der Waals surface area contributed by atoms with E-state index in [1.54, 1.807) is 0 Å². The fraction of sp³-hybridized carbons (Fsp3) is 0.333. The lowest BCUT2D eigenvalue weighted by atomic mass is 9.52. The highest BCUT2D eigenvalue weighted by atomic mass is 16.1. The normalized spacial score (nSPS) is 23.6. The van der Waals surface area contributed by atoms with Gasteiger partial charge in [-0.15, -0.1) is 0 Å². The highest BCUT2D eigenvalue weighted by Gasteiger charge is 2.53. The number of Topliss-reactive ketones (excluding diaryl/α,β-unsaturated/α-hetero) is 1. The molecule has 2 aromatic carbocycles. The Hall–Kier alpha value is -3.60. The van der Waals surface area contributed by atoms with Gasteiger partial charge in [-0.25, -0.2) is 15.0 Å². The van der Waals surface area contributed by atoms with Gasteiger partial charge in [0, 0.05) is 35.9 Å². The summed E-state index contributed by atoms with van der Waals surface area (Å²) >= 11 is 0. The molecule has 2 aliphatic carbocycles. The maximum atomic E-state index is 12.8. The molecule has 2 aromatic heterocycles. The van der Waals surface area contributed by atoms with Crippen molar-refractivity contribution in [2.45, 2.75) is 44.9 Å². The molecule has 0 bridgehead atoms. The summed E-state index contributed by atoms with van der Waals surface area (Å²) < 4.78 is 2.03. The van der Waals surface area contributed by atoms with Gasteiger partial charge in [-0.2, -0.15) is 0 Å². The van der Waals surface area contributed by atoms with Crippen LogP contribution in [0.2, 0.25) is 0 Å². The summed E-state index contributed by atoms with van der Waals surface area (Å²) in [5, 5.41) is 0. The van der Waals surface area contributed by atoms with E-state index in [1.165, 1.54) is 11.1 Å². The molecule has 2 heterocycles. The Morgan fingerprint density at radius 3 is 2.43 bits per heavy atom. The molecule has 0 aliphatic heterocycles. The summed E-state index contributed by atoms with van der Waals surface area (Å²) in [5.74, 6) is 1.47. The third-order valence-corrected chi connectivity index (χ3v) is 8.32. The third kappa shape index (κ3) is 3.36. The first-order chi connectivity index (χ1) is 17.0. The number of rotatable bonds is 3. The summed E-state index contributed by atoms with van der Waals surface area (Å²) in [6.07, 6.45) is 6.99. The van der Waals surface area contributed by atoms with Gasteiger partial charge in [0.1, 0.15) is 11.6 Å². The van der Waals surface area contributed by atoms with Crippen molar-refractivity contribution in [1.82, 2.24) is 19.5 Å². The minimum absolute atomic E-state index is 0.0361. The number of aromatic nitrogens is 4. The van der Waals surface area contributed by atoms with Crippen molar-refractivity contribution in [2.24, 2.45) is 18.9 Å². The SMILES string of the molecule is Cc1nc(-c2ccc(-c3cncn3C)cc2)c2c(n1)[C@@]1(c3ccccc3)CCC(=O)[C@@H](C)[C@@H]1CC2. The van der Waals surface area contributed by atoms with E-state index < -0.39 is 0 Å². The molecule has 0 unspecified atom stereocenters. The van der Waals surface area contributed by atoms with E-state index in [0.29, 0.717) is 12.2 Å². The number of aryl methyl sites for hydroxylation is 2. The predicted octanol–water partition coefficient (Wildman–Crippen LogP) is 5.70. The number of carbonyl (C=O) groups is 1. The van der Waals surface area contributed by atoms with Crippen LogP contribution in [0.1, 0.15) is 48.8 Å². The van der Waals surface area contributed by atoms with E-state index in [2.05, 4.69) is 66.5 Å². The van der Waals surface area contributed by atoms with Gasteiger partial charge in [-0.3, -0.25) is 4.79 Å². The number of imidazole rings is 1. The topological polar surface area (TPSA) is 60.7 Å². The molecule has 6 rings (SSSR count). The lowest BCUT2D eigenvalue weighted by molar-refractivity contribution is -0.128. The summed E-state index contributed by atoms with van der Waals surface area (Å²) in [6, 6.07) is 19.4. The summed E-state index contributed by atoms with van der Waals surface area (Å²) in [6.45, 7) is 4.12. The number of carbonyl (C=O) groups excluding carboxylic acids is 1. The molecule has 1 fully saturated rings. The van der Waals surface area contributed by atoms with Crippen LogP contribution in [-0.4, -0.2) is 25.3 Å². The van der Waals surface area contributed by atoms with Crippen LogP contribution in [0.25, 0.3) is 22.5 Å². The molecule has 0 saturated heterocycles. The molecule has 5 nitrogen and oxygen atoms in total. The molecule has 0 amide bonds. The lowest BCUT2D eigenvalue weighted by Crippen LogP contribution is -2.50. The number of benzene rings is 2. The second-order valence-electron chi connectivity index (χ2n) is 10.2. The van der Waals surface area contributed by atoms with E-state index in [4.69, 9.17) is 9.97 Å². The zero-order chi connectivity index (χ0) is 24.2. The molecule has 0 spiro atoms. The van der Waals surface area contributed by atoms with Crippen molar-refractivity contribution < 1.29 is 4.79 Å². The van der Waals surface area contributed by atoms with Crippen LogP contribution in [0.15, 0.2) is 67.1 Å². The number of fused-ring (bicyclic) bond motifs is 3. The van der Waals surface area contributed by atoms with Gasteiger partial charge >= 0.3 is 0 Å². The molecular formula is C30H30N4O. The largest absolute Gasteiger partial charge is 0.334 e. The van der Waals surface area contributed by atoms with Gasteiger partial charge in [0.2, 0.25) is 0 Å². The average molecular weight is 463 g/mol. The molecular weight excluding hydrogens is 432 g/mol. The van der Waals surface area contributed by atoms with Crippen molar-refractivity contribution in [3.63, 3.8) is 0 Å². The number of ketones is 1. The second kappa shape index (κ2) is 8.26. The quantitative estimate of drug-likeness (QED) is 0.392. The smallest absolute Gasteiger partial charge is 0.136 e. The van der Waals surface area contributed by atoms with E-state index in [9.17, 15) is 4.79 Å². The van der Waals surface area contributed by atoms with Gasteiger partial charge < -0.3 is 4.57 Å².